The van der Waals surface area contributed by atoms with Gasteiger partial charge in [-0.15, -0.1) is 11.6 Å². The number of benzene rings is 1. The first-order valence-corrected chi connectivity index (χ1v) is 6.20. The molecule has 0 aliphatic heterocycles. The van der Waals surface area contributed by atoms with Crippen molar-refractivity contribution >= 4 is 11.6 Å². The maximum atomic E-state index is 6.48. The first kappa shape index (κ1) is 12.1. The second-order valence-corrected chi connectivity index (χ2v) is 4.91. The fourth-order valence-electron chi connectivity index (χ4n) is 2.01. The second kappa shape index (κ2) is 5.33. The van der Waals surface area contributed by atoms with Gasteiger partial charge in [0.15, 0.2) is 0 Å². The van der Waals surface area contributed by atoms with Crippen LogP contribution in [0.3, 0.4) is 0 Å². The summed E-state index contributed by atoms with van der Waals surface area (Å²) in [5, 5.41) is 0.0259. The zero-order chi connectivity index (χ0) is 12.3. The lowest BCUT2D eigenvalue weighted by molar-refractivity contribution is 0.905. The molecule has 0 saturated heterocycles. The Morgan fingerprint density at radius 2 is 1.82 bits per heavy atom. The van der Waals surface area contributed by atoms with Crippen LogP contribution in [0.15, 0.2) is 42.7 Å². The van der Waals surface area contributed by atoms with Crippen LogP contribution in [0, 0.1) is 13.8 Å². The molecular formula is C15H16ClN. The van der Waals surface area contributed by atoms with Gasteiger partial charge in [0.1, 0.15) is 0 Å². The van der Waals surface area contributed by atoms with Crippen molar-refractivity contribution in [2.24, 2.45) is 0 Å². The Hall–Kier alpha value is -1.34. The molecule has 1 aromatic carbocycles. The normalized spacial score (nSPS) is 12.4. The van der Waals surface area contributed by atoms with Crippen LogP contribution >= 0.6 is 11.6 Å². The number of aryl methyl sites for hydroxylation is 2. The summed E-state index contributed by atoms with van der Waals surface area (Å²) in [7, 11) is 0. The van der Waals surface area contributed by atoms with Gasteiger partial charge in [-0.25, -0.2) is 0 Å². The Kier molecular flexibility index (Phi) is 3.80. The summed E-state index contributed by atoms with van der Waals surface area (Å²) in [6, 6.07) is 10.4. The Morgan fingerprint density at radius 1 is 1.12 bits per heavy atom. The number of rotatable bonds is 3. The first-order valence-electron chi connectivity index (χ1n) is 5.77. The Bertz CT molecular complexity index is 494. The van der Waals surface area contributed by atoms with E-state index in [1.807, 2.05) is 12.1 Å². The van der Waals surface area contributed by atoms with Gasteiger partial charge in [0.25, 0.3) is 0 Å². The molecule has 2 rings (SSSR count). The molecule has 1 nitrogen and oxygen atoms in total. The average molecular weight is 246 g/mol. The third-order valence-electron chi connectivity index (χ3n) is 2.93. The highest BCUT2D eigenvalue weighted by Gasteiger charge is 2.11. The van der Waals surface area contributed by atoms with Crippen LogP contribution in [0.2, 0.25) is 0 Å². The predicted molar refractivity (Wildman–Crippen MR) is 72.5 cm³/mol. The van der Waals surface area contributed by atoms with Crippen molar-refractivity contribution in [3.05, 3.63) is 65.0 Å². The summed E-state index contributed by atoms with van der Waals surface area (Å²) in [6.07, 6.45) is 4.45. The smallest absolute Gasteiger partial charge is 0.0628 e. The summed E-state index contributed by atoms with van der Waals surface area (Å²) >= 11 is 6.48. The van der Waals surface area contributed by atoms with Gasteiger partial charge < -0.3 is 0 Å². The molecule has 0 radical (unpaired) electrons. The van der Waals surface area contributed by atoms with Crippen LogP contribution in [-0.2, 0) is 6.42 Å². The third-order valence-corrected chi connectivity index (χ3v) is 3.32. The minimum atomic E-state index is 0.0259. The number of hydrogen-bond donors (Lipinski definition) is 0. The van der Waals surface area contributed by atoms with Gasteiger partial charge in [0, 0.05) is 12.4 Å². The molecule has 2 aromatic rings. The van der Waals surface area contributed by atoms with Crippen LogP contribution in [0.5, 0.6) is 0 Å². The number of hydrogen-bond acceptors (Lipinski definition) is 1. The van der Waals surface area contributed by atoms with Crippen molar-refractivity contribution in [2.45, 2.75) is 25.6 Å². The summed E-state index contributed by atoms with van der Waals surface area (Å²) in [5.74, 6) is 0. The lowest BCUT2D eigenvalue weighted by atomic mass is 9.99. The van der Waals surface area contributed by atoms with Crippen LogP contribution in [0.1, 0.15) is 27.6 Å². The molecule has 2 heteroatoms. The van der Waals surface area contributed by atoms with E-state index in [1.165, 1.54) is 22.3 Å². The molecule has 0 saturated carbocycles. The van der Waals surface area contributed by atoms with Crippen molar-refractivity contribution < 1.29 is 0 Å². The Morgan fingerprint density at radius 3 is 2.47 bits per heavy atom. The lowest BCUT2D eigenvalue weighted by Crippen LogP contribution is -1.99. The molecule has 0 amide bonds. The minimum absolute atomic E-state index is 0.0259. The van der Waals surface area contributed by atoms with Crippen LogP contribution in [0.25, 0.3) is 0 Å². The SMILES string of the molecule is Cc1ccc(C(Cl)Cc2ccncc2)c(C)c1. The zero-order valence-electron chi connectivity index (χ0n) is 10.2. The molecule has 0 fully saturated rings. The van der Waals surface area contributed by atoms with E-state index >= 15 is 0 Å². The van der Waals surface area contributed by atoms with E-state index in [0.29, 0.717) is 0 Å². The van der Waals surface area contributed by atoms with Gasteiger partial charge in [0.05, 0.1) is 5.38 Å². The first-order chi connectivity index (χ1) is 8.16. The van der Waals surface area contributed by atoms with Crippen molar-refractivity contribution in [1.82, 2.24) is 4.98 Å². The lowest BCUT2D eigenvalue weighted by Gasteiger charge is -2.13. The van der Waals surface area contributed by atoms with E-state index in [2.05, 4.69) is 37.0 Å². The van der Waals surface area contributed by atoms with Gasteiger partial charge in [-0.1, -0.05) is 23.8 Å². The summed E-state index contributed by atoms with van der Waals surface area (Å²) < 4.78 is 0. The summed E-state index contributed by atoms with van der Waals surface area (Å²) in [4.78, 5) is 4.01. The maximum absolute atomic E-state index is 6.48. The van der Waals surface area contributed by atoms with E-state index in [0.717, 1.165) is 6.42 Å². The number of alkyl halides is 1. The van der Waals surface area contributed by atoms with E-state index in [4.69, 9.17) is 11.6 Å². The van der Waals surface area contributed by atoms with E-state index in [9.17, 15) is 0 Å². The molecule has 0 spiro atoms. The molecule has 0 N–H and O–H groups in total. The van der Waals surface area contributed by atoms with E-state index < -0.39 is 0 Å². The van der Waals surface area contributed by atoms with Gasteiger partial charge >= 0.3 is 0 Å². The molecule has 1 aromatic heterocycles. The van der Waals surface area contributed by atoms with Gasteiger partial charge in [0.2, 0.25) is 0 Å². The van der Waals surface area contributed by atoms with Crippen LogP contribution in [-0.4, -0.2) is 4.98 Å². The average Bonchev–Trinajstić information content (AvgIpc) is 2.30. The van der Waals surface area contributed by atoms with E-state index in [1.54, 1.807) is 12.4 Å². The van der Waals surface area contributed by atoms with Crippen LogP contribution < -0.4 is 0 Å². The molecule has 88 valence electrons. The second-order valence-electron chi connectivity index (χ2n) is 4.39. The Labute approximate surface area is 107 Å². The quantitative estimate of drug-likeness (QED) is 0.738. The molecule has 1 heterocycles. The van der Waals surface area contributed by atoms with Gasteiger partial charge in [-0.05, 0) is 49.1 Å². The minimum Gasteiger partial charge on any atom is -0.265 e. The molecule has 1 atom stereocenters. The highest BCUT2D eigenvalue weighted by atomic mass is 35.5. The largest absolute Gasteiger partial charge is 0.265 e. The molecule has 0 aliphatic rings. The van der Waals surface area contributed by atoms with Crippen LogP contribution in [0.4, 0.5) is 0 Å². The van der Waals surface area contributed by atoms with Gasteiger partial charge in [-0.3, -0.25) is 4.98 Å². The van der Waals surface area contributed by atoms with Crippen molar-refractivity contribution in [2.75, 3.05) is 0 Å². The van der Waals surface area contributed by atoms with Crippen molar-refractivity contribution in [3.8, 4) is 0 Å². The standard InChI is InChI=1S/C15H16ClN/c1-11-3-4-14(12(2)9-11)15(16)10-13-5-7-17-8-6-13/h3-9,15H,10H2,1-2H3. The zero-order valence-corrected chi connectivity index (χ0v) is 10.9. The van der Waals surface area contributed by atoms with Gasteiger partial charge in [-0.2, -0.15) is 0 Å². The predicted octanol–water partition coefficient (Wildman–Crippen LogP) is 4.22. The number of aromatic nitrogens is 1. The highest BCUT2D eigenvalue weighted by Crippen LogP contribution is 2.27. The topological polar surface area (TPSA) is 12.9 Å². The fraction of sp³-hybridized carbons (Fsp3) is 0.267. The monoisotopic (exact) mass is 245 g/mol. The molecule has 0 bridgehead atoms. The molecular weight excluding hydrogens is 230 g/mol. The summed E-state index contributed by atoms with van der Waals surface area (Å²) in [6.45, 7) is 4.22. The number of nitrogens with zero attached hydrogens (tertiary/aromatic N) is 1. The van der Waals surface area contributed by atoms with E-state index in [-0.39, 0.29) is 5.38 Å². The summed E-state index contributed by atoms with van der Waals surface area (Å²) in [5.41, 5.74) is 4.98. The fourth-order valence-corrected chi connectivity index (χ4v) is 2.44. The molecule has 1 unspecified atom stereocenters. The molecule has 0 aliphatic carbocycles. The molecule has 17 heavy (non-hydrogen) atoms. The third kappa shape index (κ3) is 3.07. The highest BCUT2D eigenvalue weighted by molar-refractivity contribution is 6.21. The van der Waals surface area contributed by atoms with Crippen molar-refractivity contribution in [1.29, 1.82) is 0 Å². The maximum Gasteiger partial charge on any atom is 0.0628 e. The number of pyridine rings is 1. The Balaban J connectivity index is 2.17. The number of halogens is 1. The van der Waals surface area contributed by atoms with Crippen molar-refractivity contribution in [3.63, 3.8) is 0 Å².